The van der Waals surface area contributed by atoms with E-state index < -0.39 is 0 Å². The number of aryl methyl sites for hydroxylation is 1. The molecule has 4 rings (SSSR count). The predicted molar refractivity (Wildman–Crippen MR) is 103 cm³/mol. The molecule has 1 aliphatic rings. The number of carbonyl (C=O) groups excluding carboxylic acids is 1. The van der Waals surface area contributed by atoms with Crippen molar-refractivity contribution < 1.29 is 4.79 Å². The van der Waals surface area contributed by atoms with E-state index in [2.05, 4.69) is 33.5 Å². The van der Waals surface area contributed by atoms with Gasteiger partial charge in [0.1, 0.15) is 10.6 Å². The first-order valence-electron chi connectivity index (χ1n) is 8.21. The lowest BCUT2D eigenvalue weighted by atomic mass is 9.88. The number of nitrogens with one attached hydrogen (secondary N) is 1. The highest BCUT2D eigenvalue weighted by Gasteiger charge is 2.21. The van der Waals surface area contributed by atoms with Gasteiger partial charge >= 0.3 is 0 Å². The van der Waals surface area contributed by atoms with E-state index in [9.17, 15) is 4.79 Å². The maximum Gasteiger partial charge on any atom is 0.230 e. The van der Waals surface area contributed by atoms with E-state index in [0.29, 0.717) is 11.0 Å². The molecular weight excluding hydrogens is 352 g/mol. The zero-order valence-electron chi connectivity index (χ0n) is 13.6. The zero-order chi connectivity index (χ0) is 17.2. The lowest BCUT2D eigenvalue weighted by molar-refractivity contribution is -0.119. The summed E-state index contributed by atoms with van der Waals surface area (Å²) in [5, 5.41) is 6.51. The van der Waals surface area contributed by atoms with Gasteiger partial charge in [-0.1, -0.05) is 36.0 Å². The Balaban J connectivity index is 1.41. The Kier molecular flexibility index (Phi) is 4.59. The Morgan fingerprint density at radius 1 is 1.32 bits per heavy atom. The molecule has 2 aromatic heterocycles. The summed E-state index contributed by atoms with van der Waals surface area (Å²) in [6, 6.07) is 10.4. The van der Waals surface area contributed by atoms with Crippen LogP contribution in [0.3, 0.4) is 0 Å². The molecule has 0 fully saturated rings. The van der Waals surface area contributed by atoms with Crippen LogP contribution in [0.15, 0.2) is 40.9 Å². The van der Waals surface area contributed by atoms with Crippen LogP contribution < -0.4 is 11.1 Å². The summed E-state index contributed by atoms with van der Waals surface area (Å²) in [6.07, 6.45) is 3.17. The van der Waals surface area contributed by atoms with Gasteiger partial charge in [-0.2, -0.15) is 0 Å². The molecule has 3 N–H and O–H groups in total. The smallest absolute Gasteiger partial charge is 0.230 e. The van der Waals surface area contributed by atoms with E-state index >= 15 is 0 Å². The predicted octanol–water partition coefficient (Wildman–Crippen LogP) is 3.56. The standard InChI is InChI=1S/C18H18N4OS2/c19-16-13-8-9-24-17(13)22-18(21-16)25-10-15(23)20-14-7-3-5-11-4-1-2-6-12(11)14/h1-2,4,6,8-9,14H,3,5,7,10H2,(H,20,23)(H2,19,21,22)/t14-/m1/s1. The average Bonchev–Trinajstić information content (AvgIpc) is 3.10. The number of thiophene rings is 1. The molecule has 0 radical (unpaired) electrons. The molecule has 5 nitrogen and oxygen atoms in total. The van der Waals surface area contributed by atoms with E-state index in [1.807, 2.05) is 17.5 Å². The van der Waals surface area contributed by atoms with Crippen molar-refractivity contribution in [2.24, 2.45) is 0 Å². The van der Waals surface area contributed by atoms with Crippen LogP contribution in [0.25, 0.3) is 10.2 Å². The summed E-state index contributed by atoms with van der Waals surface area (Å²) >= 11 is 2.85. The van der Waals surface area contributed by atoms with Gasteiger partial charge in [-0.05, 0) is 41.8 Å². The number of hydrogen-bond donors (Lipinski definition) is 2. The number of nitrogens with two attached hydrogens (primary N) is 1. The zero-order valence-corrected chi connectivity index (χ0v) is 15.2. The number of amides is 1. The van der Waals surface area contributed by atoms with Gasteiger partial charge < -0.3 is 11.1 Å². The Morgan fingerprint density at radius 2 is 2.20 bits per heavy atom. The summed E-state index contributed by atoms with van der Waals surface area (Å²) in [5.41, 5.74) is 8.53. The van der Waals surface area contributed by atoms with E-state index in [4.69, 9.17) is 5.73 Å². The molecule has 1 aromatic carbocycles. The second-order valence-electron chi connectivity index (χ2n) is 6.03. The highest BCUT2D eigenvalue weighted by molar-refractivity contribution is 7.99. The summed E-state index contributed by atoms with van der Waals surface area (Å²) in [5.74, 6) is 0.755. The van der Waals surface area contributed by atoms with Crippen LogP contribution in [0.4, 0.5) is 5.82 Å². The van der Waals surface area contributed by atoms with E-state index in [1.54, 1.807) is 0 Å². The topological polar surface area (TPSA) is 80.9 Å². The van der Waals surface area contributed by atoms with Gasteiger partial charge in [-0.15, -0.1) is 11.3 Å². The molecule has 25 heavy (non-hydrogen) atoms. The molecule has 3 aromatic rings. The first-order valence-corrected chi connectivity index (χ1v) is 10.1. The maximum absolute atomic E-state index is 12.4. The minimum Gasteiger partial charge on any atom is -0.383 e. The van der Waals surface area contributed by atoms with Crippen molar-refractivity contribution in [3.63, 3.8) is 0 Å². The highest BCUT2D eigenvalue weighted by atomic mass is 32.2. The fourth-order valence-corrected chi connectivity index (χ4v) is 4.68. The Labute approximate surface area is 154 Å². The molecular formula is C18H18N4OS2. The number of thioether (sulfide) groups is 1. The van der Waals surface area contributed by atoms with Gasteiger partial charge in [0.05, 0.1) is 17.2 Å². The molecule has 128 valence electrons. The quantitative estimate of drug-likeness (QED) is 0.542. The number of anilines is 1. The number of carbonyl (C=O) groups is 1. The Morgan fingerprint density at radius 3 is 3.12 bits per heavy atom. The third-order valence-electron chi connectivity index (χ3n) is 4.37. The first-order chi connectivity index (χ1) is 12.2. The Hall–Kier alpha value is -2.12. The monoisotopic (exact) mass is 370 g/mol. The third kappa shape index (κ3) is 3.48. The fraction of sp³-hybridized carbons (Fsp3) is 0.278. The van der Waals surface area contributed by atoms with E-state index in [1.165, 1.54) is 34.2 Å². The van der Waals surface area contributed by atoms with Gasteiger partial charge in [-0.25, -0.2) is 9.97 Å². The van der Waals surface area contributed by atoms with Crippen molar-refractivity contribution in [2.75, 3.05) is 11.5 Å². The van der Waals surface area contributed by atoms with Crippen LogP contribution in [0.1, 0.15) is 30.0 Å². The minimum atomic E-state index is 0.000140. The van der Waals surface area contributed by atoms with Crippen molar-refractivity contribution >= 4 is 45.0 Å². The van der Waals surface area contributed by atoms with E-state index in [-0.39, 0.29) is 17.7 Å². The van der Waals surface area contributed by atoms with Gasteiger partial charge in [0, 0.05) is 0 Å². The van der Waals surface area contributed by atoms with Crippen LogP contribution >= 0.6 is 23.1 Å². The molecule has 0 bridgehead atoms. The molecule has 7 heteroatoms. The second kappa shape index (κ2) is 7.01. The molecule has 0 aliphatic heterocycles. The molecule has 0 saturated heterocycles. The second-order valence-corrected chi connectivity index (χ2v) is 7.87. The molecule has 1 amide bonds. The van der Waals surface area contributed by atoms with E-state index in [0.717, 1.165) is 29.5 Å². The molecule has 0 unspecified atom stereocenters. The SMILES string of the molecule is Nc1nc(SCC(=O)N[C@@H]2CCCc3ccccc32)nc2sccc12. The van der Waals surface area contributed by atoms with Crippen molar-refractivity contribution in [2.45, 2.75) is 30.5 Å². The van der Waals surface area contributed by atoms with Gasteiger partial charge in [0.2, 0.25) is 5.91 Å². The number of fused-ring (bicyclic) bond motifs is 2. The Bertz CT molecular complexity index is 924. The summed E-state index contributed by atoms with van der Waals surface area (Å²) in [7, 11) is 0. The largest absolute Gasteiger partial charge is 0.383 e. The molecule has 2 heterocycles. The van der Waals surface area contributed by atoms with Crippen LogP contribution in [0.5, 0.6) is 0 Å². The summed E-state index contributed by atoms with van der Waals surface area (Å²) < 4.78 is 0. The highest BCUT2D eigenvalue weighted by Crippen LogP contribution is 2.30. The fourth-order valence-electron chi connectivity index (χ4n) is 3.19. The summed E-state index contributed by atoms with van der Waals surface area (Å²) in [6.45, 7) is 0. The van der Waals surface area contributed by atoms with Crippen molar-refractivity contribution in [1.29, 1.82) is 0 Å². The van der Waals surface area contributed by atoms with Crippen molar-refractivity contribution in [3.8, 4) is 0 Å². The van der Waals surface area contributed by atoms with Crippen LogP contribution in [-0.4, -0.2) is 21.6 Å². The third-order valence-corrected chi connectivity index (χ3v) is 6.02. The van der Waals surface area contributed by atoms with Crippen molar-refractivity contribution in [3.05, 3.63) is 46.8 Å². The number of hydrogen-bond acceptors (Lipinski definition) is 6. The number of aromatic nitrogens is 2. The molecule has 1 atom stereocenters. The van der Waals surface area contributed by atoms with Crippen molar-refractivity contribution in [1.82, 2.24) is 15.3 Å². The lowest BCUT2D eigenvalue weighted by Crippen LogP contribution is -2.32. The van der Waals surface area contributed by atoms with Gasteiger partial charge in [0.25, 0.3) is 0 Å². The van der Waals surface area contributed by atoms with Crippen LogP contribution in [-0.2, 0) is 11.2 Å². The molecule has 1 aliphatic carbocycles. The van der Waals surface area contributed by atoms with Gasteiger partial charge in [0.15, 0.2) is 5.16 Å². The number of nitrogen functional groups attached to an aromatic ring is 1. The van der Waals surface area contributed by atoms with Crippen LogP contribution in [0.2, 0.25) is 0 Å². The number of benzene rings is 1. The van der Waals surface area contributed by atoms with Gasteiger partial charge in [-0.3, -0.25) is 4.79 Å². The average molecular weight is 371 g/mol. The van der Waals surface area contributed by atoms with Crippen LogP contribution in [0, 0.1) is 0 Å². The first kappa shape index (κ1) is 16.4. The number of rotatable bonds is 4. The lowest BCUT2D eigenvalue weighted by Gasteiger charge is -2.26. The maximum atomic E-state index is 12.4. The number of nitrogens with zero attached hydrogens (tertiary/aromatic N) is 2. The molecule has 0 saturated carbocycles. The summed E-state index contributed by atoms with van der Waals surface area (Å²) in [4.78, 5) is 22.0. The normalized spacial score (nSPS) is 16.6. The molecule has 0 spiro atoms. The minimum absolute atomic E-state index is 0.000140.